The average Bonchev–Trinajstić information content (AvgIpc) is 2.88. The SMILES string of the molecule is C=O.CCOc1ccc(C)cc1.Cc1ccc(N(C)CCOCN/N=C/c2ccccc2N)cc1. The number of nitrogens with two attached hydrogens (primary N) is 1. The molecule has 7 heteroatoms. The minimum Gasteiger partial charge on any atom is -0.494 e. The van der Waals surface area contributed by atoms with Crippen LogP contribution in [0.15, 0.2) is 77.9 Å². The number of nitrogen functional groups attached to an aromatic ring is 1. The average molecular weight is 479 g/mol. The van der Waals surface area contributed by atoms with Crippen LogP contribution in [0, 0.1) is 13.8 Å². The van der Waals surface area contributed by atoms with Crippen LogP contribution in [0.2, 0.25) is 0 Å². The summed E-state index contributed by atoms with van der Waals surface area (Å²) >= 11 is 0. The van der Waals surface area contributed by atoms with E-state index in [-0.39, 0.29) is 0 Å². The first-order valence-electron chi connectivity index (χ1n) is 11.4. The molecule has 0 aliphatic heterocycles. The van der Waals surface area contributed by atoms with Crippen LogP contribution >= 0.6 is 0 Å². The Labute approximate surface area is 209 Å². The maximum absolute atomic E-state index is 8.00. The van der Waals surface area contributed by atoms with Crippen LogP contribution < -0.4 is 20.8 Å². The summed E-state index contributed by atoms with van der Waals surface area (Å²) in [4.78, 5) is 10.2. The zero-order valence-corrected chi connectivity index (χ0v) is 21.2. The molecule has 0 fully saturated rings. The Hall–Kier alpha value is -3.84. The highest BCUT2D eigenvalue weighted by atomic mass is 16.5. The van der Waals surface area contributed by atoms with Crippen molar-refractivity contribution in [1.29, 1.82) is 0 Å². The number of nitrogens with one attached hydrogen (secondary N) is 1. The third-order valence-corrected chi connectivity index (χ3v) is 4.84. The third-order valence-electron chi connectivity index (χ3n) is 4.84. The maximum Gasteiger partial charge on any atom is 0.132 e. The van der Waals surface area contributed by atoms with Gasteiger partial charge in [0.1, 0.15) is 19.3 Å². The van der Waals surface area contributed by atoms with Crippen molar-refractivity contribution in [2.45, 2.75) is 20.8 Å². The van der Waals surface area contributed by atoms with Gasteiger partial charge in [-0.15, -0.1) is 0 Å². The van der Waals surface area contributed by atoms with Gasteiger partial charge in [-0.05, 0) is 51.1 Å². The number of para-hydroxylation sites is 1. The van der Waals surface area contributed by atoms with Gasteiger partial charge < -0.3 is 24.9 Å². The Morgan fingerprint density at radius 2 is 1.57 bits per heavy atom. The Kier molecular flexibility index (Phi) is 14.7. The van der Waals surface area contributed by atoms with E-state index in [9.17, 15) is 0 Å². The van der Waals surface area contributed by atoms with E-state index in [1.807, 2.05) is 62.2 Å². The maximum atomic E-state index is 8.00. The van der Waals surface area contributed by atoms with Crippen molar-refractivity contribution in [3.05, 3.63) is 89.5 Å². The normalized spacial score (nSPS) is 9.94. The second-order valence-corrected chi connectivity index (χ2v) is 7.60. The number of hydrazone groups is 1. The molecule has 3 aromatic rings. The fourth-order valence-corrected chi connectivity index (χ4v) is 2.83. The fourth-order valence-electron chi connectivity index (χ4n) is 2.83. The highest BCUT2D eigenvalue weighted by Crippen LogP contribution is 2.13. The molecular weight excluding hydrogens is 440 g/mol. The van der Waals surface area contributed by atoms with E-state index in [1.165, 1.54) is 16.8 Å². The van der Waals surface area contributed by atoms with Gasteiger partial charge in [-0.1, -0.05) is 53.6 Å². The molecule has 0 saturated carbocycles. The molecule has 7 nitrogen and oxygen atoms in total. The lowest BCUT2D eigenvalue weighted by Crippen LogP contribution is -2.24. The lowest BCUT2D eigenvalue weighted by Gasteiger charge is -2.19. The molecule has 0 aliphatic carbocycles. The van der Waals surface area contributed by atoms with Gasteiger partial charge in [-0.2, -0.15) is 5.10 Å². The molecule has 0 aliphatic rings. The van der Waals surface area contributed by atoms with Gasteiger partial charge in [0.2, 0.25) is 0 Å². The summed E-state index contributed by atoms with van der Waals surface area (Å²) < 4.78 is 10.8. The summed E-state index contributed by atoms with van der Waals surface area (Å²) in [6.45, 7) is 10.7. The number of rotatable bonds is 10. The third kappa shape index (κ3) is 12.3. The van der Waals surface area contributed by atoms with E-state index < -0.39 is 0 Å². The second kappa shape index (κ2) is 17.6. The number of hydrogen-bond acceptors (Lipinski definition) is 7. The molecule has 35 heavy (non-hydrogen) atoms. The van der Waals surface area contributed by atoms with E-state index in [4.69, 9.17) is 20.0 Å². The Morgan fingerprint density at radius 3 is 2.17 bits per heavy atom. The number of anilines is 2. The predicted molar refractivity (Wildman–Crippen MR) is 146 cm³/mol. The Balaban J connectivity index is 0.000000425. The van der Waals surface area contributed by atoms with Gasteiger partial charge in [0.25, 0.3) is 0 Å². The highest BCUT2D eigenvalue weighted by Gasteiger charge is 1.99. The first-order chi connectivity index (χ1) is 17.0. The quantitative estimate of drug-likeness (QED) is 0.143. The highest BCUT2D eigenvalue weighted by molar-refractivity contribution is 5.86. The molecule has 188 valence electrons. The van der Waals surface area contributed by atoms with Crippen molar-refractivity contribution in [2.24, 2.45) is 5.10 Å². The number of nitrogens with zero attached hydrogens (tertiary/aromatic N) is 2. The summed E-state index contributed by atoms with van der Waals surface area (Å²) in [5.74, 6) is 0.952. The Morgan fingerprint density at radius 1 is 0.971 bits per heavy atom. The van der Waals surface area contributed by atoms with Gasteiger partial charge >= 0.3 is 0 Å². The van der Waals surface area contributed by atoms with Crippen molar-refractivity contribution < 1.29 is 14.3 Å². The molecule has 3 aromatic carbocycles. The number of benzene rings is 3. The smallest absolute Gasteiger partial charge is 0.132 e. The monoisotopic (exact) mass is 478 g/mol. The summed E-state index contributed by atoms with van der Waals surface area (Å²) in [6, 6.07) is 24.1. The van der Waals surface area contributed by atoms with Gasteiger partial charge in [-0.3, -0.25) is 5.43 Å². The lowest BCUT2D eigenvalue weighted by molar-refractivity contribution is -0.0979. The number of likely N-dealkylation sites (N-methyl/N-ethyl adjacent to an activating group) is 1. The number of ether oxygens (including phenoxy) is 2. The van der Waals surface area contributed by atoms with Gasteiger partial charge in [0.15, 0.2) is 0 Å². The van der Waals surface area contributed by atoms with Crippen LogP contribution in [0.25, 0.3) is 0 Å². The van der Waals surface area contributed by atoms with E-state index >= 15 is 0 Å². The van der Waals surface area contributed by atoms with Crippen LogP contribution in [0.3, 0.4) is 0 Å². The van der Waals surface area contributed by atoms with E-state index in [0.29, 0.717) is 19.0 Å². The van der Waals surface area contributed by atoms with Crippen molar-refractivity contribution in [3.63, 3.8) is 0 Å². The van der Waals surface area contributed by atoms with E-state index in [2.05, 4.69) is 60.6 Å². The largest absolute Gasteiger partial charge is 0.494 e. The molecular formula is C28H38N4O3. The summed E-state index contributed by atoms with van der Waals surface area (Å²) in [5.41, 5.74) is 14.0. The van der Waals surface area contributed by atoms with Crippen molar-refractivity contribution in [3.8, 4) is 5.75 Å². The fraction of sp³-hybridized carbons (Fsp3) is 0.286. The van der Waals surface area contributed by atoms with Crippen LogP contribution in [0.4, 0.5) is 11.4 Å². The van der Waals surface area contributed by atoms with Crippen LogP contribution in [-0.2, 0) is 9.53 Å². The summed E-state index contributed by atoms with van der Waals surface area (Å²) in [5, 5.41) is 4.09. The molecule has 0 heterocycles. The molecule has 0 radical (unpaired) electrons. The van der Waals surface area contributed by atoms with Gasteiger partial charge in [0.05, 0.1) is 19.4 Å². The number of carbonyl (C=O) groups is 1. The predicted octanol–water partition coefficient (Wildman–Crippen LogP) is 4.82. The topological polar surface area (TPSA) is 89.2 Å². The molecule has 0 bridgehead atoms. The molecule has 3 N–H and O–H groups in total. The summed E-state index contributed by atoms with van der Waals surface area (Å²) in [7, 11) is 2.05. The minimum atomic E-state index is 0.366. The van der Waals surface area contributed by atoms with Crippen molar-refractivity contribution >= 4 is 24.4 Å². The van der Waals surface area contributed by atoms with Gasteiger partial charge in [-0.25, -0.2) is 0 Å². The summed E-state index contributed by atoms with van der Waals surface area (Å²) in [6.07, 6.45) is 1.69. The van der Waals surface area contributed by atoms with E-state index in [0.717, 1.165) is 24.5 Å². The number of aryl methyl sites for hydroxylation is 2. The molecule has 0 unspecified atom stereocenters. The second-order valence-electron chi connectivity index (χ2n) is 7.60. The molecule has 0 aromatic heterocycles. The lowest BCUT2D eigenvalue weighted by atomic mass is 10.2. The molecule has 0 saturated heterocycles. The van der Waals surface area contributed by atoms with Gasteiger partial charge in [0, 0.05) is 30.5 Å². The van der Waals surface area contributed by atoms with Crippen molar-refractivity contribution in [2.75, 3.05) is 44.2 Å². The van der Waals surface area contributed by atoms with Crippen LogP contribution in [0.1, 0.15) is 23.6 Å². The first kappa shape index (κ1) is 29.2. The van der Waals surface area contributed by atoms with Crippen molar-refractivity contribution in [1.82, 2.24) is 5.43 Å². The van der Waals surface area contributed by atoms with Crippen LogP contribution in [-0.4, -0.2) is 46.5 Å². The standard InChI is InChI=1S/C18H24N4O.C9H12O.CH2O/c1-15-7-9-17(10-8-15)22(2)11-12-23-14-21-20-13-16-5-3-4-6-18(16)19;1-3-10-9-6-4-8(2)5-7-9;1-2/h3-10,13,21H,11-12,14,19H2,1-2H3;4-7H,3H2,1-2H3;1H2/b20-13+;;. The zero-order valence-electron chi connectivity index (χ0n) is 21.2. The minimum absolute atomic E-state index is 0.366. The number of hydrogen-bond donors (Lipinski definition) is 2. The zero-order chi connectivity index (χ0) is 25.9. The molecule has 0 atom stereocenters. The molecule has 0 spiro atoms. The molecule has 3 rings (SSSR count). The Bertz CT molecular complexity index is 976. The first-order valence-corrected chi connectivity index (χ1v) is 11.4. The van der Waals surface area contributed by atoms with E-state index in [1.54, 1.807) is 6.21 Å². The molecule has 0 amide bonds. The number of carbonyl (C=O) groups excluding carboxylic acids is 1. The van der Waals surface area contributed by atoms with Crippen LogP contribution in [0.5, 0.6) is 5.75 Å².